The van der Waals surface area contributed by atoms with E-state index in [0.29, 0.717) is 0 Å². The molecular formula is C31H24Cl2O7. The lowest BCUT2D eigenvalue weighted by Gasteiger charge is -2.14. The van der Waals surface area contributed by atoms with Gasteiger partial charge in [-0.1, -0.05) is 83.9 Å². The quantitative estimate of drug-likeness (QED) is 0.148. The highest BCUT2D eigenvalue weighted by molar-refractivity contribution is 6.34. The largest absolute Gasteiger partial charge is 0.494 e. The number of hydrogen-bond donors (Lipinski definition) is 0. The highest BCUT2D eigenvalue weighted by Crippen LogP contribution is 2.35. The number of methoxy groups -OCH3 is 2. The van der Waals surface area contributed by atoms with E-state index in [4.69, 9.17) is 42.1 Å². The fraction of sp³-hybridized carbons (Fsp3) is 0.129. The SMILES string of the molecule is COc1c(Cl)cc(C(=O)c2cc(Cl)c(OC)c(C(=O)OCc3ccccc3)c2)cc1C(=O)OCc1ccccc1. The van der Waals surface area contributed by atoms with Gasteiger partial charge in [0.05, 0.1) is 24.3 Å². The molecule has 0 aliphatic heterocycles. The molecule has 0 spiro atoms. The molecule has 0 radical (unpaired) electrons. The van der Waals surface area contributed by atoms with Crippen LogP contribution in [0.3, 0.4) is 0 Å². The summed E-state index contributed by atoms with van der Waals surface area (Å²) < 4.78 is 21.5. The van der Waals surface area contributed by atoms with Gasteiger partial charge in [-0.2, -0.15) is 0 Å². The first kappa shape index (κ1) is 28.7. The highest BCUT2D eigenvalue weighted by Gasteiger charge is 2.25. The lowest BCUT2D eigenvalue weighted by Crippen LogP contribution is -2.12. The summed E-state index contributed by atoms with van der Waals surface area (Å²) in [7, 11) is 2.71. The van der Waals surface area contributed by atoms with Crippen LogP contribution in [0.5, 0.6) is 11.5 Å². The molecule has 40 heavy (non-hydrogen) atoms. The van der Waals surface area contributed by atoms with E-state index >= 15 is 0 Å². The molecule has 0 atom stereocenters. The van der Waals surface area contributed by atoms with Gasteiger partial charge in [0.15, 0.2) is 17.3 Å². The Morgan fingerprint density at radius 2 is 0.975 bits per heavy atom. The molecule has 0 heterocycles. The van der Waals surface area contributed by atoms with Crippen molar-refractivity contribution in [3.8, 4) is 11.5 Å². The van der Waals surface area contributed by atoms with Crippen molar-refractivity contribution in [1.82, 2.24) is 0 Å². The van der Waals surface area contributed by atoms with Crippen molar-refractivity contribution in [2.24, 2.45) is 0 Å². The Labute approximate surface area is 241 Å². The van der Waals surface area contributed by atoms with Crippen LogP contribution < -0.4 is 9.47 Å². The molecule has 0 saturated carbocycles. The lowest BCUT2D eigenvalue weighted by atomic mass is 9.98. The smallest absolute Gasteiger partial charge is 0.342 e. The van der Waals surface area contributed by atoms with Crippen molar-refractivity contribution in [2.45, 2.75) is 13.2 Å². The number of ether oxygens (including phenoxy) is 4. The molecule has 0 bridgehead atoms. The predicted molar refractivity (Wildman–Crippen MR) is 151 cm³/mol. The third-order valence-electron chi connectivity index (χ3n) is 5.89. The molecule has 4 rings (SSSR count). The van der Waals surface area contributed by atoms with Gasteiger partial charge in [0, 0.05) is 11.1 Å². The van der Waals surface area contributed by atoms with Gasteiger partial charge in [-0.3, -0.25) is 4.79 Å². The van der Waals surface area contributed by atoms with Crippen LogP contribution in [0.25, 0.3) is 0 Å². The Kier molecular flexibility index (Phi) is 9.43. The number of ketones is 1. The van der Waals surface area contributed by atoms with E-state index in [9.17, 15) is 14.4 Å². The number of esters is 2. The van der Waals surface area contributed by atoms with E-state index in [0.717, 1.165) is 11.1 Å². The van der Waals surface area contributed by atoms with Gasteiger partial charge < -0.3 is 18.9 Å². The van der Waals surface area contributed by atoms with Gasteiger partial charge in [0.1, 0.15) is 24.3 Å². The Bertz CT molecular complexity index is 1420. The molecule has 0 aromatic heterocycles. The average molecular weight is 579 g/mol. The second kappa shape index (κ2) is 13.2. The van der Waals surface area contributed by atoms with Crippen molar-refractivity contribution in [1.29, 1.82) is 0 Å². The second-order valence-electron chi connectivity index (χ2n) is 8.53. The minimum atomic E-state index is -0.727. The molecule has 0 N–H and O–H groups in total. The van der Waals surface area contributed by atoms with E-state index in [1.54, 1.807) is 0 Å². The molecule has 0 aliphatic rings. The van der Waals surface area contributed by atoms with Crippen LogP contribution in [-0.2, 0) is 22.7 Å². The van der Waals surface area contributed by atoms with Crippen LogP contribution in [-0.4, -0.2) is 31.9 Å². The van der Waals surface area contributed by atoms with Crippen LogP contribution in [0.1, 0.15) is 47.8 Å². The molecule has 9 heteroatoms. The number of carbonyl (C=O) groups excluding carboxylic acids is 3. The van der Waals surface area contributed by atoms with E-state index < -0.39 is 17.7 Å². The summed E-state index contributed by atoms with van der Waals surface area (Å²) in [5, 5.41) is 0.0595. The molecular weight excluding hydrogens is 555 g/mol. The molecule has 0 fully saturated rings. The molecule has 0 amide bonds. The minimum Gasteiger partial charge on any atom is -0.494 e. The van der Waals surface area contributed by atoms with Crippen molar-refractivity contribution in [3.05, 3.63) is 128 Å². The van der Waals surface area contributed by atoms with Gasteiger partial charge >= 0.3 is 11.9 Å². The van der Waals surface area contributed by atoms with Crippen LogP contribution >= 0.6 is 23.2 Å². The zero-order valence-electron chi connectivity index (χ0n) is 21.6. The molecule has 4 aromatic carbocycles. The zero-order chi connectivity index (χ0) is 28.6. The minimum absolute atomic E-state index is 0.0150. The maximum Gasteiger partial charge on any atom is 0.342 e. The zero-order valence-corrected chi connectivity index (χ0v) is 23.1. The van der Waals surface area contributed by atoms with Gasteiger partial charge in [-0.15, -0.1) is 0 Å². The second-order valence-corrected chi connectivity index (χ2v) is 9.34. The predicted octanol–water partition coefficient (Wildman–Crippen LogP) is 6.96. The molecule has 4 aromatic rings. The van der Waals surface area contributed by atoms with E-state index in [2.05, 4.69) is 0 Å². The van der Waals surface area contributed by atoms with E-state index in [1.807, 2.05) is 60.7 Å². The van der Waals surface area contributed by atoms with Crippen LogP contribution in [0, 0.1) is 0 Å². The standard InChI is InChI=1S/C31H24Cl2O7/c1-37-28-23(30(35)39-17-19-9-5-3-6-10-19)13-21(15-25(28)32)27(34)22-14-24(29(38-2)26(33)16-22)31(36)40-18-20-11-7-4-8-12-20/h3-16H,17-18H2,1-2H3. The lowest BCUT2D eigenvalue weighted by molar-refractivity contribution is 0.0460. The first-order valence-corrected chi connectivity index (χ1v) is 12.8. The van der Waals surface area contributed by atoms with E-state index in [-0.39, 0.29) is 57.0 Å². The summed E-state index contributed by atoms with van der Waals surface area (Å²) in [6.07, 6.45) is 0. The fourth-order valence-corrected chi connectivity index (χ4v) is 4.53. The van der Waals surface area contributed by atoms with Crippen molar-refractivity contribution < 1.29 is 33.3 Å². The Morgan fingerprint density at radius 3 is 1.32 bits per heavy atom. The Hall–Kier alpha value is -4.33. The van der Waals surface area contributed by atoms with Gasteiger partial charge in [0.25, 0.3) is 0 Å². The van der Waals surface area contributed by atoms with Gasteiger partial charge in [-0.25, -0.2) is 9.59 Å². The van der Waals surface area contributed by atoms with Crippen LogP contribution in [0.2, 0.25) is 10.0 Å². The molecule has 7 nitrogen and oxygen atoms in total. The van der Waals surface area contributed by atoms with Crippen LogP contribution in [0.4, 0.5) is 0 Å². The third-order valence-corrected chi connectivity index (χ3v) is 6.45. The summed E-state index contributed by atoms with van der Waals surface area (Å²) in [4.78, 5) is 39.5. The normalized spacial score (nSPS) is 10.5. The van der Waals surface area contributed by atoms with Crippen molar-refractivity contribution >= 4 is 40.9 Å². The maximum atomic E-state index is 13.6. The summed E-state index contributed by atoms with van der Waals surface area (Å²) in [5.74, 6) is -1.88. The highest BCUT2D eigenvalue weighted by atomic mass is 35.5. The maximum absolute atomic E-state index is 13.6. The number of halogens is 2. The van der Waals surface area contributed by atoms with Gasteiger partial charge in [-0.05, 0) is 35.4 Å². The molecule has 0 unspecified atom stereocenters. The first-order chi connectivity index (χ1) is 19.3. The summed E-state index contributed by atoms with van der Waals surface area (Å²) in [6, 6.07) is 23.6. The number of carbonyl (C=O) groups is 3. The van der Waals surface area contributed by atoms with Gasteiger partial charge in [0.2, 0.25) is 0 Å². The van der Waals surface area contributed by atoms with Crippen molar-refractivity contribution in [2.75, 3.05) is 14.2 Å². The molecule has 0 aliphatic carbocycles. The fourth-order valence-electron chi connectivity index (χ4n) is 3.94. The average Bonchev–Trinajstić information content (AvgIpc) is 2.98. The Balaban J connectivity index is 1.63. The molecule has 204 valence electrons. The first-order valence-electron chi connectivity index (χ1n) is 12.0. The summed E-state index contributed by atoms with van der Waals surface area (Å²) in [5.41, 5.74) is 1.62. The van der Waals surface area contributed by atoms with E-state index in [1.165, 1.54) is 38.5 Å². The number of benzene rings is 4. The Morgan fingerprint density at radius 1 is 0.600 bits per heavy atom. The molecule has 0 saturated heterocycles. The summed E-state index contributed by atoms with van der Waals surface area (Å²) in [6.45, 7) is 0.0301. The van der Waals surface area contributed by atoms with Crippen LogP contribution in [0.15, 0.2) is 84.9 Å². The number of rotatable bonds is 10. The third kappa shape index (κ3) is 6.62. The van der Waals surface area contributed by atoms with Crippen molar-refractivity contribution in [3.63, 3.8) is 0 Å². The summed E-state index contributed by atoms with van der Waals surface area (Å²) >= 11 is 12.8. The topological polar surface area (TPSA) is 88.1 Å². The monoisotopic (exact) mass is 578 g/mol. The number of hydrogen-bond acceptors (Lipinski definition) is 7.